The average Bonchev–Trinajstić information content (AvgIpc) is 3.54. The monoisotopic (exact) mass is 656 g/mol. The molecule has 0 amide bonds. The number of para-hydroxylation sites is 1. The molecule has 0 saturated carbocycles. The Hall–Kier alpha value is -6.12. The SMILES string of the molecule is CC1C=CC(c2ccc(N(c3ccc(-c4ccccc4)cc3)c3ccc(-c4ccc5c(c4)c4ccccc4n5C4=CC=CCC4)cc3)cc2)=CC1. The molecule has 0 fully saturated rings. The van der Waals surface area contributed by atoms with Gasteiger partial charge in [0.25, 0.3) is 0 Å². The summed E-state index contributed by atoms with van der Waals surface area (Å²) in [7, 11) is 0. The van der Waals surface area contributed by atoms with Crippen LogP contribution < -0.4 is 4.90 Å². The van der Waals surface area contributed by atoms with E-state index >= 15 is 0 Å². The fraction of sp³-hybridized carbons (Fsp3) is 0.102. The van der Waals surface area contributed by atoms with Crippen LogP contribution in [0.15, 0.2) is 182 Å². The van der Waals surface area contributed by atoms with E-state index < -0.39 is 0 Å². The predicted octanol–water partition coefficient (Wildman–Crippen LogP) is 13.8. The van der Waals surface area contributed by atoms with Gasteiger partial charge in [-0.1, -0.05) is 128 Å². The summed E-state index contributed by atoms with van der Waals surface area (Å²) in [4.78, 5) is 2.36. The summed E-state index contributed by atoms with van der Waals surface area (Å²) in [5, 5.41) is 2.59. The van der Waals surface area contributed by atoms with Crippen molar-refractivity contribution < 1.29 is 0 Å². The van der Waals surface area contributed by atoms with Gasteiger partial charge in [0.2, 0.25) is 0 Å². The van der Waals surface area contributed by atoms with Crippen molar-refractivity contribution in [3.05, 3.63) is 188 Å². The van der Waals surface area contributed by atoms with Gasteiger partial charge in [-0.2, -0.15) is 0 Å². The summed E-state index contributed by atoms with van der Waals surface area (Å²) >= 11 is 0. The average molecular weight is 657 g/mol. The van der Waals surface area contributed by atoms with Crippen molar-refractivity contribution in [2.24, 2.45) is 5.92 Å². The Morgan fingerprint density at radius 3 is 1.80 bits per heavy atom. The fourth-order valence-electron chi connectivity index (χ4n) is 7.67. The van der Waals surface area contributed by atoms with Gasteiger partial charge in [0.15, 0.2) is 0 Å². The number of aromatic nitrogens is 1. The molecule has 2 aliphatic rings. The van der Waals surface area contributed by atoms with Crippen LogP contribution in [0.25, 0.3) is 55.3 Å². The summed E-state index contributed by atoms with van der Waals surface area (Å²) in [5.41, 5.74) is 14.7. The molecule has 2 heteroatoms. The zero-order chi connectivity index (χ0) is 34.1. The van der Waals surface area contributed by atoms with E-state index in [1.165, 1.54) is 60.9 Å². The Bertz CT molecular complexity index is 2470. The van der Waals surface area contributed by atoms with Crippen LogP contribution >= 0.6 is 0 Å². The maximum Gasteiger partial charge on any atom is 0.0538 e. The molecule has 2 aliphatic carbocycles. The van der Waals surface area contributed by atoms with Crippen molar-refractivity contribution >= 4 is 50.1 Å². The van der Waals surface area contributed by atoms with Gasteiger partial charge in [-0.25, -0.2) is 0 Å². The van der Waals surface area contributed by atoms with E-state index in [1.54, 1.807) is 0 Å². The molecule has 1 atom stereocenters. The van der Waals surface area contributed by atoms with Gasteiger partial charge in [0.05, 0.1) is 11.0 Å². The summed E-state index contributed by atoms with van der Waals surface area (Å²) in [6, 6.07) is 53.3. The van der Waals surface area contributed by atoms with E-state index in [4.69, 9.17) is 0 Å². The Morgan fingerprint density at radius 2 is 1.16 bits per heavy atom. The highest BCUT2D eigenvalue weighted by Crippen LogP contribution is 2.40. The lowest BCUT2D eigenvalue weighted by Gasteiger charge is -2.26. The molecule has 9 rings (SSSR count). The third-order valence-corrected chi connectivity index (χ3v) is 10.4. The molecule has 6 aromatic carbocycles. The minimum atomic E-state index is 0.601. The highest BCUT2D eigenvalue weighted by atomic mass is 15.1. The molecule has 0 bridgehead atoms. The van der Waals surface area contributed by atoms with Gasteiger partial charge in [0, 0.05) is 33.5 Å². The zero-order valence-corrected chi connectivity index (χ0v) is 28.9. The predicted molar refractivity (Wildman–Crippen MR) is 219 cm³/mol. The molecule has 246 valence electrons. The van der Waals surface area contributed by atoms with Gasteiger partial charge < -0.3 is 9.47 Å². The molecule has 0 N–H and O–H groups in total. The first-order chi connectivity index (χ1) is 25.2. The van der Waals surface area contributed by atoms with Gasteiger partial charge in [-0.05, 0) is 119 Å². The van der Waals surface area contributed by atoms with E-state index in [0.717, 1.165) is 36.3 Å². The topological polar surface area (TPSA) is 8.17 Å². The molecule has 2 nitrogen and oxygen atoms in total. The van der Waals surface area contributed by atoms with E-state index in [9.17, 15) is 0 Å². The van der Waals surface area contributed by atoms with Crippen molar-refractivity contribution in [3.8, 4) is 22.3 Å². The number of rotatable bonds is 7. The lowest BCUT2D eigenvalue weighted by Crippen LogP contribution is -2.10. The van der Waals surface area contributed by atoms with E-state index in [2.05, 4.69) is 198 Å². The van der Waals surface area contributed by atoms with Crippen LogP contribution in [0.4, 0.5) is 17.1 Å². The van der Waals surface area contributed by atoms with Gasteiger partial charge >= 0.3 is 0 Å². The molecule has 1 aromatic heterocycles. The summed E-state index contributed by atoms with van der Waals surface area (Å²) in [6.45, 7) is 2.27. The van der Waals surface area contributed by atoms with Crippen LogP contribution in [-0.2, 0) is 0 Å². The zero-order valence-electron chi connectivity index (χ0n) is 28.9. The number of allylic oxidation sites excluding steroid dienone is 8. The molecule has 0 aliphatic heterocycles. The van der Waals surface area contributed by atoms with Crippen molar-refractivity contribution in [3.63, 3.8) is 0 Å². The van der Waals surface area contributed by atoms with Crippen LogP contribution in [0.5, 0.6) is 0 Å². The largest absolute Gasteiger partial charge is 0.313 e. The van der Waals surface area contributed by atoms with Crippen molar-refractivity contribution in [1.29, 1.82) is 0 Å². The molecular weight excluding hydrogens is 617 g/mol. The minimum absolute atomic E-state index is 0.601. The minimum Gasteiger partial charge on any atom is -0.313 e. The molecule has 1 unspecified atom stereocenters. The number of benzene rings is 6. The van der Waals surface area contributed by atoms with E-state index in [0.29, 0.717) is 5.92 Å². The number of hydrogen-bond acceptors (Lipinski definition) is 1. The lowest BCUT2D eigenvalue weighted by atomic mass is 9.94. The first kappa shape index (κ1) is 30.9. The highest BCUT2D eigenvalue weighted by molar-refractivity contribution is 6.11. The first-order valence-electron chi connectivity index (χ1n) is 18.1. The molecule has 1 heterocycles. The van der Waals surface area contributed by atoms with Gasteiger partial charge in [-0.15, -0.1) is 0 Å². The van der Waals surface area contributed by atoms with Crippen LogP contribution in [-0.4, -0.2) is 4.57 Å². The molecule has 0 radical (unpaired) electrons. The Balaban J connectivity index is 1.08. The van der Waals surface area contributed by atoms with Crippen molar-refractivity contribution in [1.82, 2.24) is 4.57 Å². The van der Waals surface area contributed by atoms with Crippen molar-refractivity contribution in [2.45, 2.75) is 26.2 Å². The van der Waals surface area contributed by atoms with E-state index in [-0.39, 0.29) is 0 Å². The molecule has 0 spiro atoms. The lowest BCUT2D eigenvalue weighted by molar-refractivity contribution is 0.739. The summed E-state index contributed by atoms with van der Waals surface area (Å²) in [5.74, 6) is 0.601. The first-order valence-corrected chi connectivity index (χ1v) is 18.1. The van der Waals surface area contributed by atoms with Crippen LogP contribution in [0, 0.1) is 5.92 Å². The molecule has 0 saturated heterocycles. The second kappa shape index (κ2) is 13.3. The number of nitrogens with zero attached hydrogens (tertiary/aromatic N) is 2. The normalized spacial score (nSPS) is 15.6. The quantitative estimate of drug-likeness (QED) is 0.166. The third-order valence-electron chi connectivity index (χ3n) is 10.4. The maximum absolute atomic E-state index is 2.45. The number of anilines is 3. The Morgan fingerprint density at radius 1 is 0.569 bits per heavy atom. The fourth-order valence-corrected chi connectivity index (χ4v) is 7.67. The molecule has 7 aromatic rings. The number of fused-ring (bicyclic) bond motifs is 3. The Kier molecular flexibility index (Phi) is 8.06. The number of hydrogen-bond donors (Lipinski definition) is 0. The Labute approximate surface area is 300 Å². The second-order valence-electron chi connectivity index (χ2n) is 13.8. The highest BCUT2D eigenvalue weighted by Gasteiger charge is 2.17. The van der Waals surface area contributed by atoms with Crippen LogP contribution in [0.1, 0.15) is 31.7 Å². The van der Waals surface area contributed by atoms with Gasteiger partial charge in [0.1, 0.15) is 0 Å². The standard InChI is InChI=1S/C49H40N2/c1-35-16-18-37(19-17-35)39-22-29-44(30-23-39)50(43-27-20-38(21-28-43)36-10-4-2-5-11-36)45-31-24-40(25-32-45)41-26-33-49-47(34-41)46-14-8-9-15-48(46)51(49)42-12-6-3-7-13-42/h2-6,8-12,14-16,18-35H,7,13,17H2,1H3. The maximum atomic E-state index is 2.45. The smallest absolute Gasteiger partial charge is 0.0538 e. The second-order valence-corrected chi connectivity index (χ2v) is 13.8. The van der Waals surface area contributed by atoms with Crippen molar-refractivity contribution in [2.75, 3.05) is 4.90 Å². The van der Waals surface area contributed by atoms with E-state index in [1.807, 2.05) is 0 Å². The summed E-state index contributed by atoms with van der Waals surface area (Å²) in [6.07, 6.45) is 16.9. The van der Waals surface area contributed by atoms with Crippen LogP contribution in [0.3, 0.4) is 0 Å². The van der Waals surface area contributed by atoms with Gasteiger partial charge in [-0.3, -0.25) is 0 Å². The summed E-state index contributed by atoms with van der Waals surface area (Å²) < 4.78 is 2.45. The molecule has 51 heavy (non-hydrogen) atoms. The van der Waals surface area contributed by atoms with Crippen LogP contribution in [0.2, 0.25) is 0 Å². The molecular formula is C49H40N2. The third kappa shape index (κ3) is 5.93.